The van der Waals surface area contributed by atoms with Gasteiger partial charge in [0.05, 0.1) is 10.8 Å². The summed E-state index contributed by atoms with van der Waals surface area (Å²) < 4.78 is 0. The van der Waals surface area contributed by atoms with Crippen molar-refractivity contribution < 1.29 is 0 Å². The maximum absolute atomic E-state index is 2.51. The molecule has 2 spiro atoms. The summed E-state index contributed by atoms with van der Waals surface area (Å²) in [6, 6.07) is 70.0. The molecule has 8 aromatic carbocycles. The minimum atomic E-state index is -0.513. The van der Waals surface area contributed by atoms with E-state index >= 15 is 0 Å². The van der Waals surface area contributed by atoms with E-state index in [1.807, 2.05) is 0 Å². The third-order valence-corrected chi connectivity index (χ3v) is 14.3. The van der Waals surface area contributed by atoms with E-state index in [4.69, 9.17) is 0 Å². The van der Waals surface area contributed by atoms with Crippen LogP contribution in [0.2, 0.25) is 0 Å². The summed E-state index contributed by atoms with van der Waals surface area (Å²) in [5.41, 5.74) is 26.6. The fraction of sp³-hybridized carbons (Fsp3) is 0.103. The first-order valence-corrected chi connectivity index (χ1v) is 21.0. The predicted octanol–water partition coefficient (Wildman–Crippen LogP) is 14.1. The van der Waals surface area contributed by atoms with Crippen molar-refractivity contribution in [3.8, 4) is 44.5 Å². The van der Waals surface area contributed by atoms with Crippen LogP contribution in [0.3, 0.4) is 0 Å². The highest BCUT2D eigenvalue weighted by Gasteiger charge is 2.59. The molecule has 0 fully saturated rings. The van der Waals surface area contributed by atoms with E-state index in [9.17, 15) is 0 Å². The molecular weight excluding hydrogens is 697 g/mol. The lowest BCUT2D eigenvalue weighted by Gasteiger charge is -2.50. The second-order valence-electron chi connectivity index (χ2n) is 16.9. The van der Waals surface area contributed by atoms with E-state index < -0.39 is 10.8 Å². The third-order valence-electron chi connectivity index (χ3n) is 14.3. The van der Waals surface area contributed by atoms with Gasteiger partial charge in [0.1, 0.15) is 0 Å². The molecule has 1 atom stereocenters. The molecule has 272 valence electrons. The van der Waals surface area contributed by atoms with Crippen molar-refractivity contribution in [2.45, 2.75) is 36.5 Å². The molecule has 0 saturated heterocycles. The van der Waals surface area contributed by atoms with Crippen molar-refractivity contribution >= 4 is 5.57 Å². The first-order valence-electron chi connectivity index (χ1n) is 21.0. The van der Waals surface area contributed by atoms with Crippen LogP contribution in [0.5, 0.6) is 0 Å². The lowest BCUT2D eigenvalue weighted by molar-refractivity contribution is 0.631. The molecule has 0 N–H and O–H groups in total. The van der Waals surface area contributed by atoms with Gasteiger partial charge in [-0.3, -0.25) is 0 Å². The lowest BCUT2D eigenvalue weighted by Crippen LogP contribution is -2.44. The molecule has 0 bridgehead atoms. The Labute approximate surface area is 340 Å². The van der Waals surface area contributed by atoms with Crippen LogP contribution in [0.1, 0.15) is 74.9 Å². The number of hydrogen-bond acceptors (Lipinski definition) is 0. The zero-order chi connectivity index (χ0) is 38.0. The fourth-order valence-corrected chi connectivity index (χ4v) is 12.2. The molecular formula is C58H40. The van der Waals surface area contributed by atoms with Crippen LogP contribution in [0, 0.1) is 0 Å². The minimum absolute atomic E-state index is 0.450. The van der Waals surface area contributed by atoms with Gasteiger partial charge in [0.15, 0.2) is 0 Å². The number of fused-ring (bicyclic) bond motifs is 18. The summed E-state index contributed by atoms with van der Waals surface area (Å²) in [5.74, 6) is 0. The standard InChI is InChI=1S/C58H40/c1-2-17-45-46-18-6-9-23-50(46)57(49(45)22-3-1)53-26-12-13-27-54(53)58(51-24-10-7-19-47(51)48-20-8-11-25-52(48)58)56-44(21-14-28-55(56)57)38-31-29-37(30-32-38)39-33-34-43-41(35-39)36-40-15-4-5-16-42(40)43/h3-16,18-35H,1-2,17,36H2. The highest BCUT2D eigenvalue weighted by Crippen LogP contribution is 2.68. The molecule has 8 aromatic rings. The van der Waals surface area contributed by atoms with E-state index in [2.05, 4.69) is 194 Å². The Bertz CT molecular complexity index is 3070. The van der Waals surface area contributed by atoms with Gasteiger partial charge in [-0.15, -0.1) is 0 Å². The minimum Gasteiger partial charge on any atom is -0.0842 e. The molecule has 0 heteroatoms. The highest BCUT2D eigenvalue weighted by molar-refractivity contribution is 5.96. The van der Waals surface area contributed by atoms with Crippen molar-refractivity contribution in [1.82, 2.24) is 0 Å². The monoisotopic (exact) mass is 736 g/mol. The number of hydrogen-bond donors (Lipinski definition) is 0. The van der Waals surface area contributed by atoms with Gasteiger partial charge < -0.3 is 0 Å². The molecule has 13 rings (SSSR count). The van der Waals surface area contributed by atoms with Gasteiger partial charge >= 0.3 is 0 Å². The van der Waals surface area contributed by atoms with E-state index in [1.165, 1.54) is 118 Å². The van der Waals surface area contributed by atoms with E-state index in [-0.39, 0.29) is 0 Å². The first kappa shape index (κ1) is 32.3. The van der Waals surface area contributed by atoms with E-state index in [0.717, 1.165) is 19.3 Å². The Morgan fingerprint density at radius 2 is 0.897 bits per heavy atom. The molecule has 0 saturated carbocycles. The maximum atomic E-state index is 2.51. The summed E-state index contributed by atoms with van der Waals surface area (Å²) in [5, 5.41) is 0. The number of allylic oxidation sites excluding steroid dienone is 4. The van der Waals surface area contributed by atoms with Crippen molar-refractivity contribution in [2.24, 2.45) is 0 Å². The summed E-state index contributed by atoms with van der Waals surface area (Å²) in [6.45, 7) is 0. The number of rotatable bonds is 2. The maximum Gasteiger partial charge on any atom is 0.0725 e. The van der Waals surface area contributed by atoms with Crippen molar-refractivity contribution in [3.63, 3.8) is 0 Å². The molecule has 5 aliphatic rings. The zero-order valence-corrected chi connectivity index (χ0v) is 32.3. The Hall–Kier alpha value is -6.76. The van der Waals surface area contributed by atoms with Gasteiger partial charge in [0.25, 0.3) is 0 Å². The molecule has 0 nitrogen and oxygen atoms in total. The van der Waals surface area contributed by atoms with Gasteiger partial charge in [-0.05, 0) is 137 Å². The SMILES string of the molecule is C1=CC2=C(CCC1)c1ccccc1C21c2ccccc2C2(c3ccccc3-c3ccccc32)c2c(-c3ccc(-c4ccc5c(c4)Cc4ccccc4-5)cc3)cccc21. The third kappa shape index (κ3) is 4.00. The molecule has 58 heavy (non-hydrogen) atoms. The topological polar surface area (TPSA) is 0 Å². The second-order valence-corrected chi connectivity index (χ2v) is 16.9. The second kappa shape index (κ2) is 11.9. The largest absolute Gasteiger partial charge is 0.0842 e. The van der Waals surface area contributed by atoms with Gasteiger partial charge in [-0.25, -0.2) is 0 Å². The van der Waals surface area contributed by atoms with Gasteiger partial charge in [-0.1, -0.05) is 194 Å². The molecule has 0 radical (unpaired) electrons. The smallest absolute Gasteiger partial charge is 0.0725 e. The number of benzene rings is 8. The zero-order valence-electron chi connectivity index (χ0n) is 32.3. The highest BCUT2D eigenvalue weighted by atomic mass is 14.6. The van der Waals surface area contributed by atoms with Crippen molar-refractivity contribution in [3.05, 3.63) is 255 Å². The van der Waals surface area contributed by atoms with Crippen LogP contribution in [0.25, 0.3) is 50.1 Å². The van der Waals surface area contributed by atoms with Gasteiger partial charge in [-0.2, -0.15) is 0 Å². The van der Waals surface area contributed by atoms with Crippen LogP contribution < -0.4 is 0 Å². The Kier molecular flexibility index (Phi) is 6.63. The molecule has 0 amide bonds. The average molecular weight is 737 g/mol. The van der Waals surface area contributed by atoms with Crippen molar-refractivity contribution in [1.29, 1.82) is 0 Å². The Morgan fingerprint density at radius 3 is 1.64 bits per heavy atom. The average Bonchev–Trinajstić information content (AvgIpc) is 3.81. The van der Waals surface area contributed by atoms with E-state index in [0.29, 0.717) is 0 Å². The van der Waals surface area contributed by atoms with Crippen LogP contribution >= 0.6 is 0 Å². The van der Waals surface area contributed by atoms with Crippen LogP contribution in [-0.2, 0) is 17.3 Å². The molecule has 0 heterocycles. The quantitative estimate of drug-likeness (QED) is 0.166. The Balaban J connectivity index is 1.10. The van der Waals surface area contributed by atoms with E-state index in [1.54, 1.807) is 0 Å². The lowest BCUT2D eigenvalue weighted by atomic mass is 9.51. The predicted molar refractivity (Wildman–Crippen MR) is 239 cm³/mol. The summed E-state index contributed by atoms with van der Waals surface area (Å²) in [4.78, 5) is 0. The summed E-state index contributed by atoms with van der Waals surface area (Å²) in [6.07, 6.45) is 9.32. The first-order chi connectivity index (χ1) is 28.8. The molecule has 5 aliphatic carbocycles. The van der Waals surface area contributed by atoms with Crippen LogP contribution in [0.15, 0.2) is 200 Å². The Morgan fingerprint density at radius 1 is 0.362 bits per heavy atom. The molecule has 0 aliphatic heterocycles. The molecule has 1 unspecified atom stereocenters. The summed E-state index contributed by atoms with van der Waals surface area (Å²) >= 11 is 0. The summed E-state index contributed by atoms with van der Waals surface area (Å²) in [7, 11) is 0. The van der Waals surface area contributed by atoms with Crippen molar-refractivity contribution in [2.75, 3.05) is 0 Å². The van der Waals surface area contributed by atoms with Gasteiger partial charge in [0.2, 0.25) is 0 Å². The van der Waals surface area contributed by atoms with Crippen LogP contribution in [-0.4, -0.2) is 0 Å². The van der Waals surface area contributed by atoms with Crippen LogP contribution in [0.4, 0.5) is 0 Å². The fourth-order valence-electron chi connectivity index (χ4n) is 12.2. The normalized spacial score (nSPS) is 18.1. The van der Waals surface area contributed by atoms with Gasteiger partial charge in [0, 0.05) is 0 Å². The molecule has 0 aromatic heterocycles.